The summed E-state index contributed by atoms with van der Waals surface area (Å²) in [6, 6.07) is 2.94. The van der Waals surface area contributed by atoms with E-state index in [2.05, 4.69) is 15.9 Å². The van der Waals surface area contributed by atoms with E-state index < -0.39 is 5.54 Å². The number of hydrogen-bond acceptors (Lipinski definition) is 4. The van der Waals surface area contributed by atoms with Crippen molar-refractivity contribution < 1.29 is 0 Å². The third-order valence-electron chi connectivity index (χ3n) is 4.09. The van der Waals surface area contributed by atoms with E-state index in [-0.39, 0.29) is 0 Å². The maximum Gasteiger partial charge on any atom is 0.102 e. The summed E-state index contributed by atoms with van der Waals surface area (Å²) in [5, 5.41) is 8.93. The van der Waals surface area contributed by atoms with E-state index in [1.54, 1.807) is 0 Å². The van der Waals surface area contributed by atoms with E-state index in [9.17, 15) is 0 Å². The fourth-order valence-corrected chi connectivity index (χ4v) is 2.93. The molecule has 0 aromatic heterocycles. The van der Waals surface area contributed by atoms with Crippen molar-refractivity contribution in [1.29, 1.82) is 5.26 Å². The van der Waals surface area contributed by atoms with Crippen LogP contribution in [0, 0.1) is 11.3 Å². The van der Waals surface area contributed by atoms with Gasteiger partial charge in [0.05, 0.1) is 6.07 Å². The predicted octanol–water partition coefficient (Wildman–Crippen LogP) is 0.788. The van der Waals surface area contributed by atoms with Gasteiger partial charge in [-0.3, -0.25) is 4.90 Å². The van der Waals surface area contributed by atoms with E-state index in [0.717, 1.165) is 25.6 Å². The Morgan fingerprint density at radius 3 is 2.88 bits per heavy atom. The van der Waals surface area contributed by atoms with E-state index in [0.29, 0.717) is 0 Å². The molecule has 0 saturated carbocycles. The number of nitrogens with zero attached hydrogens (tertiary/aromatic N) is 3. The van der Waals surface area contributed by atoms with Crippen LogP contribution in [0.5, 0.6) is 0 Å². The highest BCUT2D eigenvalue weighted by molar-refractivity contribution is 5.01. The summed E-state index contributed by atoms with van der Waals surface area (Å²) < 4.78 is 0. The van der Waals surface area contributed by atoms with Gasteiger partial charge in [0.1, 0.15) is 5.54 Å². The van der Waals surface area contributed by atoms with Crippen LogP contribution in [-0.4, -0.2) is 54.1 Å². The molecule has 2 fully saturated rings. The maximum atomic E-state index is 8.93. The zero-order chi connectivity index (χ0) is 12.3. The van der Waals surface area contributed by atoms with E-state index >= 15 is 0 Å². The summed E-state index contributed by atoms with van der Waals surface area (Å²) in [5.41, 5.74) is 5.22. The molecule has 0 aromatic rings. The molecule has 2 atom stereocenters. The third-order valence-corrected chi connectivity index (χ3v) is 4.09. The van der Waals surface area contributed by atoms with Crippen molar-refractivity contribution in [3.05, 3.63) is 0 Å². The predicted molar refractivity (Wildman–Crippen MR) is 68.5 cm³/mol. The number of nitriles is 1. The smallest absolute Gasteiger partial charge is 0.102 e. The Balaban J connectivity index is 1.83. The second-order valence-corrected chi connectivity index (χ2v) is 5.77. The zero-order valence-electron chi connectivity index (χ0n) is 10.9. The normalized spacial score (nSPS) is 30.3. The highest BCUT2D eigenvalue weighted by Crippen LogP contribution is 2.21. The molecule has 2 saturated heterocycles. The van der Waals surface area contributed by atoms with Crippen LogP contribution in [0.1, 0.15) is 32.6 Å². The number of hydrogen-bond donors (Lipinski definition) is 1. The van der Waals surface area contributed by atoms with Gasteiger partial charge in [0, 0.05) is 19.1 Å². The van der Waals surface area contributed by atoms with Crippen molar-refractivity contribution in [2.45, 2.75) is 44.2 Å². The molecule has 0 spiro atoms. The molecular formula is C13H24N4. The molecule has 2 rings (SSSR count). The summed E-state index contributed by atoms with van der Waals surface area (Å²) in [6.45, 7) is 7.65. The minimum atomic E-state index is -0.665. The van der Waals surface area contributed by atoms with Gasteiger partial charge in [0.2, 0.25) is 0 Å². The van der Waals surface area contributed by atoms with Crippen molar-refractivity contribution in [3.63, 3.8) is 0 Å². The fraction of sp³-hybridized carbons (Fsp3) is 0.923. The Morgan fingerprint density at radius 1 is 1.35 bits per heavy atom. The van der Waals surface area contributed by atoms with Gasteiger partial charge in [0.25, 0.3) is 0 Å². The Kier molecular flexibility index (Phi) is 4.03. The SMILES string of the molecule is CC(N)(C#N)CCN1CCCN2CCCC2C1. The molecule has 2 unspecified atom stereocenters. The number of nitrogens with two attached hydrogens (primary N) is 1. The van der Waals surface area contributed by atoms with Gasteiger partial charge >= 0.3 is 0 Å². The van der Waals surface area contributed by atoms with E-state index in [1.165, 1.54) is 38.9 Å². The third kappa shape index (κ3) is 3.41. The van der Waals surface area contributed by atoms with Gasteiger partial charge in [-0.05, 0) is 52.2 Å². The first-order valence-electron chi connectivity index (χ1n) is 6.77. The van der Waals surface area contributed by atoms with Crippen LogP contribution in [-0.2, 0) is 0 Å². The molecule has 2 heterocycles. The molecule has 2 aliphatic rings. The monoisotopic (exact) mass is 236 g/mol. The first-order chi connectivity index (χ1) is 8.11. The van der Waals surface area contributed by atoms with Crippen LogP contribution in [0.15, 0.2) is 0 Å². The van der Waals surface area contributed by atoms with Crippen molar-refractivity contribution in [1.82, 2.24) is 9.80 Å². The van der Waals surface area contributed by atoms with Crippen LogP contribution in [0.25, 0.3) is 0 Å². The summed E-state index contributed by atoms with van der Waals surface area (Å²) in [5.74, 6) is 0. The minimum Gasteiger partial charge on any atom is -0.314 e. The van der Waals surface area contributed by atoms with Crippen LogP contribution >= 0.6 is 0 Å². The Hall–Kier alpha value is -0.630. The van der Waals surface area contributed by atoms with Gasteiger partial charge in [-0.1, -0.05) is 0 Å². The van der Waals surface area contributed by atoms with Crippen LogP contribution in [0.4, 0.5) is 0 Å². The summed E-state index contributed by atoms with van der Waals surface area (Å²) in [6.07, 6.45) is 4.72. The number of rotatable bonds is 3. The van der Waals surface area contributed by atoms with Crippen molar-refractivity contribution >= 4 is 0 Å². The molecule has 0 radical (unpaired) electrons. The van der Waals surface area contributed by atoms with Gasteiger partial charge in [-0.2, -0.15) is 5.26 Å². The quantitative estimate of drug-likeness (QED) is 0.787. The summed E-state index contributed by atoms with van der Waals surface area (Å²) >= 11 is 0. The molecule has 4 heteroatoms. The fourth-order valence-electron chi connectivity index (χ4n) is 2.93. The Labute approximate surface area is 104 Å². The van der Waals surface area contributed by atoms with Gasteiger partial charge in [0.15, 0.2) is 0 Å². The summed E-state index contributed by atoms with van der Waals surface area (Å²) in [7, 11) is 0. The van der Waals surface area contributed by atoms with Crippen LogP contribution < -0.4 is 5.73 Å². The first-order valence-corrected chi connectivity index (χ1v) is 6.77. The van der Waals surface area contributed by atoms with Crippen molar-refractivity contribution in [2.75, 3.05) is 32.7 Å². The Bertz CT molecular complexity index is 294. The lowest BCUT2D eigenvalue weighted by Crippen LogP contribution is -2.41. The average molecular weight is 236 g/mol. The topological polar surface area (TPSA) is 56.3 Å². The molecular weight excluding hydrogens is 212 g/mol. The lowest BCUT2D eigenvalue weighted by Gasteiger charge is -2.27. The average Bonchev–Trinajstić information content (AvgIpc) is 2.65. The first kappa shape index (κ1) is 12.8. The maximum absolute atomic E-state index is 8.93. The van der Waals surface area contributed by atoms with Gasteiger partial charge in [-0.25, -0.2) is 0 Å². The highest BCUT2D eigenvalue weighted by Gasteiger charge is 2.29. The molecule has 0 amide bonds. The van der Waals surface area contributed by atoms with E-state index in [4.69, 9.17) is 11.0 Å². The van der Waals surface area contributed by atoms with Crippen molar-refractivity contribution in [3.8, 4) is 6.07 Å². The van der Waals surface area contributed by atoms with Gasteiger partial charge < -0.3 is 10.6 Å². The zero-order valence-corrected chi connectivity index (χ0v) is 10.9. The standard InChI is InChI=1S/C13H24N4/c1-13(15,11-14)5-9-16-6-3-8-17-7-2-4-12(17)10-16/h12H,2-10,15H2,1H3. The lowest BCUT2D eigenvalue weighted by atomic mass is 10.0. The van der Waals surface area contributed by atoms with Crippen LogP contribution in [0.3, 0.4) is 0 Å². The highest BCUT2D eigenvalue weighted by atomic mass is 15.3. The molecule has 17 heavy (non-hydrogen) atoms. The molecule has 2 N–H and O–H groups in total. The minimum absolute atomic E-state index is 0.665. The molecule has 96 valence electrons. The summed E-state index contributed by atoms with van der Waals surface area (Å²) in [4.78, 5) is 5.13. The molecule has 2 aliphatic heterocycles. The van der Waals surface area contributed by atoms with Crippen LogP contribution in [0.2, 0.25) is 0 Å². The van der Waals surface area contributed by atoms with E-state index in [1.807, 2.05) is 6.92 Å². The largest absolute Gasteiger partial charge is 0.314 e. The molecule has 0 aromatic carbocycles. The Morgan fingerprint density at radius 2 is 2.12 bits per heavy atom. The second kappa shape index (κ2) is 5.34. The second-order valence-electron chi connectivity index (χ2n) is 5.77. The lowest BCUT2D eigenvalue weighted by molar-refractivity contribution is 0.213. The number of fused-ring (bicyclic) bond motifs is 1. The molecule has 0 aliphatic carbocycles. The molecule has 0 bridgehead atoms. The van der Waals surface area contributed by atoms with Gasteiger partial charge in [-0.15, -0.1) is 0 Å². The van der Waals surface area contributed by atoms with Crippen molar-refractivity contribution in [2.24, 2.45) is 5.73 Å². The molecule has 4 nitrogen and oxygen atoms in total.